The number of hydrogen-bond acceptors (Lipinski definition) is 7. The van der Waals surface area contributed by atoms with Crippen LogP contribution in [0.4, 0.5) is 0 Å². The molecule has 2 aliphatic heterocycles. The predicted molar refractivity (Wildman–Crippen MR) is 123 cm³/mol. The van der Waals surface area contributed by atoms with Gasteiger partial charge >= 0.3 is 5.97 Å². The van der Waals surface area contributed by atoms with E-state index in [1.165, 1.54) is 4.31 Å². The van der Waals surface area contributed by atoms with Gasteiger partial charge in [-0.3, -0.25) is 9.63 Å². The van der Waals surface area contributed by atoms with Crippen LogP contribution < -0.4 is 4.74 Å². The maximum Gasteiger partial charge on any atom is 0.309 e. The highest BCUT2D eigenvalue weighted by atomic mass is 32.2. The Bertz CT molecular complexity index is 1050. The van der Waals surface area contributed by atoms with E-state index in [1.807, 2.05) is 54.6 Å². The van der Waals surface area contributed by atoms with Crippen molar-refractivity contribution in [2.24, 2.45) is 5.92 Å². The van der Waals surface area contributed by atoms with E-state index in [0.29, 0.717) is 44.0 Å². The second kappa shape index (κ2) is 10.2. The summed E-state index contributed by atoms with van der Waals surface area (Å²) in [7, 11) is -1.90. The third-order valence-corrected chi connectivity index (χ3v) is 8.43. The first-order valence-corrected chi connectivity index (χ1v) is 12.7. The minimum absolute atomic E-state index is 0.0745. The molecule has 2 aromatic carbocycles. The van der Waals surface area contributed by atoms with Gasteiger partial charge in [-0.25, -0.2) is 12.7 Å². The van der Waals surface area contributed by atoms with Gasteiger partial charge in [-0.05, 0) is 49.6 Å². The second-order valence-electron chi connectivity index (χ2n) is 8.28. The average Bonchev–Trinajstić information content (AvgIpc) is 3.22. The number of ether oxygens (including phenoxy) is 2. The molecular formula is C24H30N2O6S. The zero-order chi connectivity index (χ0) is 23.4. The van der Waals surface area contributed by atoms with Crippen LogP contribution >= 0.6 is 0 Å². The van der Waals surface area contributed by atoms with Crippen molar-refractivity contribution < 1.29 is 27.5 Å². The lowest BCUT2D eigenvalue weighted by atomic mass is 9.98. The van der Waals surface area contributed by atoms with Crippen molar-refractivity contribution >= 4 is 16.0 Å². The highest BCUT2D eigenvalue weighted by Crippen LogP contribution is 2.37. The molecule has 2 aliphatic rings. The van der Waals surface area contributed by atoms with E-state index in [-0.39, 0.29) is 18.5 Å². The summed E-state index contributed by atoms with van der Waals surface area (Å²) in [4.78, 5) is 17.7. The maximum atomic E-state index is 13.6. The van der Waals surface area contributed by atoms with Crippen molar-refractivity contribution in [3.8, 4) is 11.5 Å². The zero-order valence-corrected chi connectivity index (χ0v) is 19.7. The topological polar surface area (TPSA) is 85.4 Å². The van der Waals surface area contributed by atoms with Crippen LogP contribution in [0, 0.1) is 5.92 Å². The molecule has 2 unspecified atom stereocenters. The summed E-state index contributed by atoms with van der Waals surface area (Å²) in [6, 6.07) is 16.4. The van der Waals surface area contributed by atoms with Crippen LogP contribution in [-0.4, -0.2) is 62.4 Å². The van der Waals surface area contributed by atoms with Crippen LogP contribution in [-0.2, 0) is 24.4 Å². The summed E-state index contributed by atoms with van der Waals surface area (Å²) in [6.45, 7) is 2.78. The Morgan fingerprint density at radius 2 is 1.76 bits per heavy atom. The second-order valence-corrected chi connectivity index (χ2v) is 10.4. The van der Waals surface area contributed by atoms with Gasteiger partial charge in [0.05, 0.1) is 25.2 Å². The smallest absolute Gasteiger partial charge is 0.309 e. The Morgan fingerprint density at radius 1 is 1.06 bits per heavy atom. The molecule has 0 aliphatic carbocycles. The zero-order valence-electron chi connectivity index (χ0n) is 18.9. The Labute approximate surface area is 195 Å². The van der Waals surface area contributed by atoms with Gasteiger partial charge in [0.25, 0.3) is 0 Å². The van der Waals surface area contributed by atoms with E-state index >= 15 is 0 Å². The lowest BCUT2D eigenvalue weighted by Crippen LogP contribution is -2.46. The quantitative estimate of drug-likeness (QED) is 0.569. The van der Waals surface area contributed by atoms with Gasteiger partial charge in [0, 0.05) is 20.1 Å². The van der Waals surface area contributed by atoms with Crippen LogP contribution in [0.1, 0.15) is 31.4 Å². The fourth-order valence-corrected chi connectivity index (χ4v) is 6.44. The van der Waals surface area contributed by atoms with Gasteiger partial charge in [-0.15, -0.1) is 0 Å². The van der Waals surface area contributed by atoms with Crippen molar-refractivity contribution in [1.29, 1.82) is 0 Å². The summed E-state index contributed by atoms with van der Waals surface area (Å²) in [5, 5.41) is 0.850. The van der Waals surface area contributed by atoms with Crippen LogP contribution in [0.2, 0.25) is 0 Å². The molecule has 0 saturated carbocycles. The number of esters is 1. The number of piperidine rings is 1. The Hall–Kier alpha value is -2.46. The third-order valence-electron chi connectivity index (χ3n) is 6.18. The van der Waals surface area contributed by atoms with Gasteiger partial charge in [0.15, 0.2) is 0 Å². The van der Waals surface area contributed by atoms with Crippen LogP contribution in [0.15, 0.2) is 54.6 Å². The van der Waals surface area contributed by atoms with E-state index in [4.69, 9.17) is 14.3 Å². The molecule has 0 radical (unpaired) electrons. The van der Waals surface area contributed by atoms with Crippen molar-refractivity contribution in [3.63, 3.8) is 0 Å². The molecule has 2 heterocycles. The molecule has 4 rings (SSSR count). The van der Waals surface area contributed by atoms with Gasteiger partial charge < -0.3 is 9.47 Å². The molecule has 0 N–H and O–H groups in total. The number of benzene rings is 2. The molecule has 178 valence electrons. The molecule has 2 fully saturated rings. The number of hydrogen-bond donors (Lipinski definition) is 0. The molecule has 0 bridgehead atoms. The van der Waals surface area contributed by atoms with E-state index in [9.17, 15) is 13.2 Å². The van der Waals surface area contributed by atoms with E-state index in [2.05, 4.69) is 0 Å². The summed E-state index contributed by atoms with van der Waals surface area (Å²) in [6.07, 6.45) is 0.930. The van der Waals surface area contributed by atoms with Crippen LogP contribution in [0.5, 0.6) is 11.5 Å². The van der Waals surface area contributed by atoms with Crippen LogP contribution in [0.3, 0.4) is 0 Å². The van der Waals surface area contributed by atoms with Crippen molar-refractivity contribution in [2.45, 2.75) is 31.1 Å². The number of sulfonamides is 1. The van der Waals surface area contributed by atoms with Gasteiger partial charge in [0.1, 0.15) is 16.7 Å². The predicted octanol–water partition coefficient (Wildman–Crippen LogP) is 3.37. The highest BCUT2D eigenvalue weighted by molar-refractivity contribution is 7.89. The molecule has 2 saturated heterocycles. The SMILES string of the molecule is CCOC(=O)C1CCN(S(=O)(=O)C2CON(C)C2c2cccc(Oc3ccccc3)c2)CC1. The number of hydroxylamine groups is 2. The summed E-state index contributed by atoms with van der Waals surface area (Å²) >= 11 is 0. The normalized spacial score (nSPS) is 22.8. The Morgan fingerprint density at radius 3 is 2.45 bits per heavy atom. The van der Waals surface area contributed by atoms with Gasteiger partial charge in [-0.1, -0.05) is 30.3 Å². The molecule has 0 spiro atoms. The molecule has 2 atom stereocenters. The van der Waals surface area contributed by atoms with Crippen LogP contribution in [0.25, 0.3) is 0 Å². The average molecular weight is 475 g/mol. The van der Waals surface area contributed by atoms with E-state index < -0.39 is 21.3 Å². The van der Waals surface area contributed by atoms with Gasteiger partial charge in [-0.2, -0.15) is 5.06 Å². The minimum Gasteiger partial charge on any atom is -0.466 e. The molecular weight excluding hydrogens is 444 g/mol. The summed E-state index contributed by atoms with van der Waals surface area (Å²) in [5.74, 6) is 0.845. The fraction of sp³-hybridized carbons (Fsp3) is 0.458. The Balaban J connectivity index is 1.50. The molecule has 8 nitrogen and oxygen atoms in total. The fourth-order valence-electron chi connectivity index (χ4n) is 4.45. The largest absolute Gasteiger partial charge is 0.466 e. The van der Waals surface area contributed by atoms with E-state index in [0.717, 1.165) is 5.56 Å². The molecule has 33 heavy (non-hydrogen) atoms. The van der Waals surface area contributed by atoms with Crippen molar-refractivity contribution in [3.05, 3.63) is 60.2 Å². The van der Waals surface area contributed by atoms with E-state index in [1.54, 1.807) is 19.0 Å². The number of carbonyl (C=O) groups is 1. The number of para-hydroxylation sites is 1. The van der Waals surface area contributed by atoms with Gasteiger partial charge in [0.2, 0.25) is 10.0 Å². The summed E-state index contributed by atoms with van der Waals surface area (Å²) in [5.41, 5.74) is 0.804. The Kier molecular flexibility index (Phi) is 7.33. The standard InChI is InChI=1S/C24H30N2O6S/c1-3-30-24(27)18-12-14-26(15-13-18)33(28,29)22-17-31-25(2)23(22)19-8-7-11-21(16-19)32-20-9-5-4-6-10-20/h4-11,16,18,22-23H,3,12-15,17H2,1-2H3. The molecule has 9 heteroatoms. The number of rotatable bonds is 7. The number of carbonyl (C=O) groups excluding carboxylic acids is 1. The lowest BCUT2D eigenvalue weighted by Gasteiger charge is -2.33. The van der Waals surface area contributed by atoms with Crippen molar-refractivity contribution in [1.82, 2.24) is 9.37 Å². The first-order valence-electron chi connectivity index (χ1n) is 11.2. The first kappa shape index (κ1) is 23.7. The number of nitrogens with zero attached hydrogens (tertiary/aromatic N) is 2. The van der Waals surface area contributed by atoms with Crippen molar-refractivity contribution in [2.75, 3.05) is 33.4 Å². The summed E-state index contributed by atoms with van der Waals surface area (Å²) < 4.78 is 39.7. The maximum absolute atomic E-state index is 13.6. The minimum atomic E-state index is -3.65. The molecule has 0 amide bonds. The lowest BCUT2D eigenvalue weighted by molar-refractivity contribution is -0.149. The molecule has 0 aromatic heterocycles. The molecule has 2 aromatic rings. The first-order chi connectivity index (χ1) is 15.9. The highest BCUT2D eigenvalue weighted by Gasteiger charge is 2.46. The third kappa shape index (κ3) is 5.22. The monoisotopic (exact) mass is 474 g/mol.